The van der Waals surface area contributed by atoms with Gasteiger partial charge in [-0.05, 0) is 64.0 Å². The number of urea groups is 1. The third-order valence-corrected chi connectivity index (χ3v) is 6.84. The molecule has 35 heavy (non-hydrogen) atoms. The molecule has 0 saturated carbocycles. The van der Waals surface area contributed by atoms with E-state index >= 15 is 0 Å². The first kappa shape index (κ1) is 25.2. The normalized spacial score (nSPS) is 14.4. The number of halogens is 3. The molecule has 3 amide bonds. The molecule has 1 N–H and O–H groups in total. The minimum absolute atomic E-state index is 0.00929. The van der Waals surface area contributed by atoms with Crippen molar-refractivity contribution < 1.29 is 28.3 Å². The van der Waals surface area contributed by atoms with E-state index in [9.17, 15) is 14.4 Å². The van der Waals surface area contributed by atoms with Crippen LogP contribution in [0.4, 0.5) is 4.79 Å². The number of amides is 3. The molecule has 8 nitrogen and oxygen atoms in total. The van der Waals surface area contributed by atoms with Gasteiger partial charge in [0.2, 0.25) is 5.76 Å². The zero-order chi connectivity index (χ0) is 25.1. The number of ether oxygens (including phenoxy) is 2. The fourth-order valence-corrected chi connectivity index (χ4v) is 4.90. The predicted molar refractivity (Wildman–Crippen MR) is 137 cm³/mol. The lowest BCUT2D eigenvalue weighted by Crippen LogP contribution is -2.30. The molecule has 1 fully saturated rings. The number of methoxy groups -OCH3 is 1. The largest absolute Gasteiger partial charge is 0.488 e. The van der Waals surface area contributed by atoms with E-state index in [1.807, 2.05) is 18.2 Å². The van der Waals surface area contributed by atoms with Crippen molar-refractivity contribution in [2.24, 2.45) is 0 Å². The maximum absolute atomic E-state index is 12.8. The van der Waals surface area contributed by atoms with Crippen molar-refractivity contribution in [1.29, 1.82) is 0 Å². The number of imide groups is 1. The zero-order valence-electron chi connectivity index (χ0n) is 18.1. The van der Waals surface area contributed by atoms with E-state index in [0.717, 1.165) is 19.4 Å². The van der Waals surface area contributed by atoms with Crippen molar-refractivity contribution in [1.82, 2.24) is 10.2 Å². The number of furan rings is 1. The summed E-state index contributed by atoms with van der Waals surface area (Å²) in [5, 5.41) is 2.56. The Labute approximate surface area is 225 Å². The average molecular weight is 669 g/mol. The van der Waals surface area contributed by atoms with Crippen LogP contribution in [0.15, 0.2) is 72.1 Å². The van der Waals surface area contributed by atoms with Gasteiger partial charge in [-0.2, -0.15) is 0 Å². The second-order valence-electron chi connectivity index (χ2n) is 7.35. The second-order valence-corrected chi connectivity index (χ2v) is 9.98. The van der Waals surface area contributed by atoms with E-state index in [-0.39, 0.29) is 23.8 Å². The molecular weight excluding hydrogens is 652 g/mol. The van der Waals surface area contributed by atoms with Crippen molar-refractivity contribution in [3.63, 3.8) is 0 Å². The van der Waals surface area contributed by atoms with Gasteiger partial charge in [-0.15, -0.1) is 0 Å². The molecule has 180 valence electrons. The summed E-state index contributed by atoms with van der Waals surface area (Å²) in [6, 6.07) is 13.5. The third-order valence-electron chi connectivity index (χ3n) is 4.99. The maximum atomic E-state index is 12.8. The molecule has 11 heteroatoms. The van der Waals surface area contributed by atoms with E-state index in [2.05, 4.69) is 57.8 Å². The van der Waals surface area contributed by atoms with E-state index in [1.165, 1.54) is 19.2 Å². The zero-order valence-corrected chi connectivity index (χ0v) is 22.9. The van der Waals surface area contributed by atoms with Crippen LogP contribution in [0, 0.1) is 0 Å². The standard InChI is InChI=1S/C24H17Br3N2O6/c1-33-23(31)21-7-5-16(35-21)11-29-22(30)19(28-24(29)32)9-13-2-6-20(18(27)8-13)34-12-14-3-4-15(25)10-17(14)26/h2-10H,11-12H2,1H3,(H,28,32)/b19-9-. The first-order valence-corrected chi connectivity index (χ1v) is 12.5. The van der Waals surface area contributed by atoms with Crippen LogP contribution in [0.3, 0.4) is 0 Å². The van der Waals surface area contributed by atoms with Gasteiger partial charge < -0.3 is 19.2 Å². The van der Waals surface area contributed by atoms with Crippen LogP contribution in [-0.4, -0.2) is 29.9 Å². The highest BCUT2D eigenvalue weighted by molar-refractivity contribution is 9.11. The molecule has 0 radical (unpaired) electrons. The summed E-state index contributed by atoms with van der Waals surface area (Å²) in [4.78, 5) is 37.7. The Morgan fingerprint density at radius 1 is 1.06 bits per heavy atom. The average Bonchev–Trinajstić information content (AvgIpc) is 3.39. The third kappa shape index (κ3) is 5.85. The minimum atomic E-state index is -0.642. The Hall–Kier alpha value is -2.89. The minimum Gasteiger partial charge on any atom is -0.488 e. The highest BCUT2D eigenvalue weighted by Crippen LogP contribution is 2.30. The molecule has 1 saturated heterocycles. The monoisotopic (exact) mass is 666 g/mol. The predicted octanol–water partition coefficient (Wildman–Crippen LogP) is 6.03. The molecule has 3 aromatic rings. The van der Waals surface area contributed by atoms with Gasteiger partial charge in [0, 0.05) is 14.5 Å². The first-order valence-electron chi connectivity index (χ1n) is 10.1. The van der Waals surface area contributed by atoms with Gasteiger partial charge in [-0.25, -0.2) is 9.59 Å². The van der Waals surface area contributed by atoms with Crippen molar-refractivity contribution in [3.8, 4) is 5.75 Å². The number of carbonyl (C=O) groups is 3. The number of carbonyl (C=O) groups excluding carboxylic acids is 3. The lowest BCUT2D eigenvalue weighted by molar-refractivity contribution is -0.123. The van der Waals surface area contributed by atoms with E-state index in [1.54, 1.807) is 24.3 Å². The summed E-state index contributed by atoms with van der Waals surface area (Å²) in [7, 11) is 1.23. The molecule has 0 unspecified atom stereocenters. The fraction of sp³-hybridized carbons (Fsp3) is 0.125. The van der Waals surface area contributed by atoms with Crippen molar-refractivity contribution >= 4 is 71.8 Å². The lowest BCUT2D eigenvalue weighted by Gasteiger charge is -2.11. The van der Waals surface area contributed by atoms with Crippen molar-refractivity contribution in [2.75, 3.05) is 7.11 Å². The van der Waals surface area contributed by atoms with Crippen molar-refractivity contribution in [2.45, 2.75) is 13.2 Å². The molecule has 2 aromatic carbocycles. The van der Waals surface area contributed by atoms with E-state index in [4.69, 9.17) is 9.15 Å². The van der Waals surface area contributed by atoms with E-state index in [0.29, 0.717) is 22.4 Å². The number of rotatable bonds is 7. The van der Waals surface area contributed by atoms with Gasteiger partial charge >= 0.3 is 12.0 Å². The van der Waals surface area contributed by atoms with Gasteiger partial charge in [-0.1, -0.05) is 44.0 Å². The lowest BCUT2D eigenvalue weighted by atomic mass is 10.2. The quantitative estimate of drug-likeness (QED) is 0.188. The van der Waals surface area contributed by atoms with Crippen LogP contribution in [-0.2, 0) is 22.7 Å². The molecule has 0 spiro atoms. The Bertz CT molecular complexity index is 1350. The smallest absolute Gasteiger partial charge is 0.373 e. The first-order chi connectivity index (χ1) is 16.7. The van der Waals surface area contributed by atoms with Crippen LogP contribution in [0.1, 0.15) is 27.4 Å². The summed E-state index contributed by atoms with van der Waals surface area (Å²) < 4.78 is 18.5. The molecule has 0 atom stereocenters. The molecule has 0 bridgehead atoms. The summed E-state index contributed by atoms with van der Waals surface area (Å²) in [6.07, 6.45) is 1.57. The molecule has 4 rings (SSSR count). The van der Waals surface area contributed by atoms with Crippen LogP contribution in [0.5, 0.6) is 5.75 Å². The number of hydrogen-bond acceptors (Lipinski definition) is 6. The number of benzene rings is 2. The highest BCUT2D eigenvalue weighted by atomic mass is 79.9. The van der Waals surface area contributed by atoms with Crippen LogP contribution >= 0.6 is 47.8 Å². The summed E-state index contributed by atoms with van der Waals surface area (Å²) in [6.45, 7) is 0.238. The SMILES string of the molecule is COC(=O)c1ccc(CN2C(=O)N/C(=C\c3ccc(OCc4ccc(Br)cc4Br)c(Br)c3)C2=O)o1. The van der Waals surface area contributed by atoms with Gasteiger partial charge in [0.1, 0.15) is 23.8 Å². The second kappa shape index (κ2) is 10.8. The Balaban J connectivity index is 1.44. The number of nitrogens with one attached hydrogen (secondary N) is 1. The highest BCUT2D eigenvalue weighted by Gasteiger charge is 2.34. The Morgan fingerprint density at radius 3 is 2.57 bits per heavy atom. The van der Waals surface area contributed by atoms with Crippen LogP contribution in [0.25, 0.3) is 6.08 Å². The Morgan fingerprint density at radius 2 is 1.86 bits per heavy atom. The summed E-state index contributed by atoms with van der Waals surface area (Å²) >= 11 is 10.4. The van der Waals surface area contributed by atoms with E-state index < -0.39 is 17.9 Å². The van der Waals surface area contributed by atoms with Crippen LogP contribution < -0.4 is 10.1 Å². The van der Waals surface area contributed by atoms with Gasteiger partial charge in [-0.3, -0.25) is 9.69 Å². The maximum Gasteiger partial charge on any atom is 0.373 e. The topological polar surface area (TPSA) is 98.1 Å². The van der Waals surface area contributed by atoms with Gasteiger partial charge in [0.05, 0.1) is 18.1 Å². The molecule has 0 aliphatic carbocycles. The molecular formula is C24H17Br3N2O6. The molecule has 1 aliphatic rings. The van der Waals surface area contributed by atoms with Crippen molar-refractivity contribution in [3.05, 3.63) is 90.3 Å². The number of nitrogens with zero attached hydrogens (tertiary/aromatic N) is 1. The summed E-state index contributed by atoms with van der Waals surface area (Å²) in [5.41, 5.74) is 1.79. The summed E-state index contributed by atoms with van der Waals surface area (Å²) in [5.74, 6) is -0.259. The van der Waals surface area contributed by atoms with Gasteiger partial charge in [0.25, 0.3) is 5.91 Å². The fourth-order valence-electron chi connectivity index (χ4n) is 3.23. The van der Waals surface area contributed by atoms with Crippen LogP contribution in [0.2, 0.25) is 0 Å². The molecule has 2 heterocycles. The molecule has 1 aliphatic heterocycles. The number of hydrogen-bond donors (Lipinski definition) is 1. The Kier molecular flexibility index (Phi) is 7.78. The van der Waals surface area contributed by atoms with Gasteiger partial charge in [0.15, 0.2) is 0 Å². The number of esters is 1. The molecule has 1 aromatic heterocycles.